The lowest BCUT2D eigenvalue weighted by molar-refractivity contribution is -0.111. The third kappa shape index (κ3) is 5.06. The van der Waals surface area contributed by atoms with Gasteiger partial charge in [0.1, 0.15) is 18.0 Å². The molecular formula is C25H27FIN5O2. The third-order valence-electron chi connectivity index (χ3n) is 6.13. The van der Waals surface area contributed by atoms with Crippen LogP contribution in [0.1, 0.15) is 25.0 Å². The van der Waals surface area contributed by atoms with Crippen molar-refractivity contribution in [1.29, 1.82) is 0 Å². The fraction of sp³-hybridized carbons (Fsp3) is 0.320. The highest BCUT2D eigenvalue weighted by Crippen LogP contribution is 2.38. The maximum Gasteiger partial charge on any atom is 0.247 e. The van der Waals surface area contributed by atoms with Gasteiger partial charge in [-0.1, -0.05) is 29.2 Å². The molecule has 0 spiro atoms. The van der Waals surface area contributed by atoms with E-state index in [1.54, 1.807) is 12.1 Å². The van der Waals surface area contributed by atoms with Crippen LogP contribution in [0.2, 0.25) is 0 Å². The molecule has 0 unspecified atom stereocenters. The van der Waals surface area contributed by atoms with Crippen LogP contribution in [0.4, 0.5) is 21.6 Å². The van der Waals surface area contributed by atoms with Crippen molar-refractivity contribution in [2.45, 2.75) is 23.8 Å². The second-order valence-corrected chi connectivity index (χ2v) is 9.32. The van der Waals surface area contributed by atoms with Crippen LogP contribution >= 0.6 is 22.6 Å². The Morgan fingerprint density at radius 2 is 2.03 bits per heavy atom. The van der Waals surface area contributed by atoms with Crippen LogP contribution in [0.3, 0.4) is 0 Å². The molecule has 3 aromatic rings. The lowest BCUT2D eigenvalue weighted by Crippen LogP contribution is -2.48. The Hall–Kier alpha value is -2.63. The largest absolute Gasteiger partial charge is 0.379 e. The van der Waals surface area contributed by atoms with Crippen LogP contribution in [0.15, 0.2) is 49.3 Å². The van der Waals surface area contributed by atoms with Crippen molar-refractivity contribution in [2.24, 2.45) is 0 Å². The maximum absolute atomic E-state index is 14.0. The van der Waals surface area contributed by atoms with E-state index in [0.717, 1.165) is 35.2 Å². The molecule has 34 heavy (non-hydrogen) atoms. The molecule has 1 saturated heterocycles. The predicted molar refractivity (Wildman–Crippen MR) is 141 cm³/mol. The fourth-order valence-electron chi connectivity index (χ4n) is 4.18. The molecular weight excluding hydrogens is 548 g/mol. The summed E-state index contributed by atoms with van der Waals surface area (Å²) in [6.07, 6.45) is 2.75. The smallest absolute Gasteiger partial charge is 0.247 e. The van der Waals surface area contributed by atoms with E-state index in [-0.39, 0.29) is 17.3 Å². The van der Waals surface area contributed by atoms with Gasteiger partial charge in [0.25, 0.3) is 0 Å². The number of alkyl halides is 1. The van der Waals surface area contributed by atoms with E-state index in [9.17, 15) is 9.18 Å². The summed E-state index contributed by atoms with van der Waals surface area (Å²) in [4.78, 5) is 23.6. The van der Waals surface area contributed by atoms with Gasteiger partial charge in [0.2, 0.25) is 5.91 Å². The van der Waals surface area contributed by atoms with Crippen molar-refractivity contribution >= 4 is 56.6 Å². The number of halogens is 2. The molecule has 178 valence electrons. The molecule has 0 atom stereocenters. The molecule has 1 fully saturated rings. The van der Waals surface area contributed by atoms with Crippen LogP contribution in [0, 0.1) is 5.82 Å². The second-order valence-electron chi connectivity index (χ2n) is 8.55. The number of fused-ring (bicyclic) bond motifs is 1. The van der Waals surface area contributed by atoms with Crippen molar-refractivity contribution in [1.82, 2.24) is 14.9 Å². The number of carbonyl (C=O) groups is 1. The first-order valence-electron chi connectivity index (χ1n) is 11.0. The first-order chi connectivity index (χ1) is 16.3. The minimum absolute atomic E-state index is 0.239. The molecule has 2 aromatic carbocycles. The van der Waals surface area contributed by atoms with Crippen LogP contribution in [0.5, 0.6) is 0 Å². The van der Waals surface area contributed by atoms with E-state index in [0.29, 0.717) is 34.7 Å². The number of anilines is 3. The highest BCUT2D eigenvalue weighted by atomic mass is 127. The Labute approximate surface area is 211 Å². The van der Waals surface area contributed by atoms with Gasteiger partial charge in [0, 0.05) is 39.8 Å². The second kappa shape index (κ2) is 10.3. The molecule has 0 saturated carbocycles. The van der Waals surface area contributed by atoms with Crippen LogP contribution in [0.25, 0.3) is 10.9 Å². The van der Waals surface area contributed by atoms with E-state index in [1.165, 1.54) is 18.5 Å². The highest BCUT2D eigenvalue weighted by molar-refractivity contribution is 14.1. The molecule has 0 radical (unpaired) electrons. The minimum Gasteiger partial charge on any atom is -0.379 e. The molecule has 1 aromatic heterocycles. The standard InChI is InChI=1S/C25H27FIN5O2/c1-4-23(33)31-22-12-18-21(13-19(22)25(2,3)32-7-9-34-10-8-32)28-15-29-24(18)30-17-5-6-20(26)16(11-17)14-27/h4-6,11-13,15H,1,7-10,14H2,2-3H3,(H,31,33)(H,28,29,30). The predicted octanol–water partition coefficient (Wildman–Crippen LogP) is 5.14. The Bertz CT molecular complexity index is 1230. The number of benzene rings is 2. The Kier molecular flexibility index (Phi) is 7.44. The molecule has 0 aliphatic carbocycles. The summed E-state index contributed by atoms with van der Waals surface area (Å²) < 4.78 is 20.0. The van der Waals surface area contributed by atoms with Crippen molar-refractivity contribution in [2.75, 3.05) is 36.9 Å². The molecule has 2 N–H and O–H groups in total. The number of aromatic nitrogens is 2. The van der Waals surface area contributed by atoms with Gasteiger partial charge in [-0.15, -0.1) is 0 Å². The van der Waals surface area contributed by atoms with E-state index in [2.05, 4.69) is 68.5 Å². The van der Waals surface area contributed by atoms with Gasteiger partial charge in [0.15, 0.2) is 0 Å². The van der Waals surface area contributed by atoms with E-state index >= 15 is 0 Å². The van der Waals surface area contributed by atoms with Gasteiger partial charge in [-0.3, -0.25) is 9.69 Å². The van der Waals surface area contributed by atoms with Gasteiger partial charge in [-0.2, -0.15) is 0 Å². The minimum atomic E-state index is -0.383. The number of rotatable bonds is 7. The van der Waals surface area contributed by atoms with Crippen molar-refractivity contribution in [3.63, 3.8) is 0 Å². The van der Waals surface area contributed by atoms with Gasteiger partial charge >= 0.3 is 0 Å². The summed E-state index contributed by atoms with van der Waals surface area (Å²) in [6, 6.07) is 8.77. The summed E-state index contributed by atoms with van der Waals surface area (Å²) in [5.41, 5.74) is 3.29. The third-order valence-corrected chi connectivity index (χ3v) is 6.95. The van der Waals surface area contributed by atoms with Gasteiger partial charge in [0.05, 0.1) is 18.7 Å². The number of hydrogen-bond acceptors (Lipinski definition) is 6. The molecule has 4 rings (SSSR count). The maximum atomic E-state index is 14.0. The zero-order valence-electron chi connectivity index (χ0n) is 19.2. The Balaban J connectivity index is 1.81. The SMILES string of the molecule is C=CC(=O)Nc1cc2c(Nc3ccc(F)c(CI)c3)ncnc2cc1C(C)(C)N1CCOCC1. The van der Waals surface area contributed by atoms with Crippen molar-refractivity contribution < 1.29 is 13.9 Å². The quantitative estimate of drug-likeness (QED) is 0.231. The zero-order chi connectivity index (χ0) is 24.3. The number of morpholine rings is 1. The monoisotopic (exact) mass is 575 g/mol. The number of amides is 1. The van der Waals surface area contributed by atoms with E-state index < -0.39 is 0 Å². The number of nitrogens with zero attached hydrogens (tertiary/aromatic N) is 3. The average molecular weight is 575 g/mol. The van der Waals surface area contributed by atoms with Crippen molar-refractivity contribution in [3.05, 3.63) is 66.3 Å². The van der Waals surface area contributed by atoms with Crippen LogP contribution in [-0.2, 0) is 19.5 Å². The zero-order valence-corrected chi connectivity index (χ0v) is 21.4. The lowest BCUT2D eigenvalue weighted by Gasteiger charge is -2.42. The number of ether oxygens (including phenoxy) is 1. The van der Waals surface area contributed by atoms with E-state index in [4.69, 9.17) is 4.74 Å². The summed E-state index contributed by atoms with van der Waals surface area (Å²) in [7, 11) is 0. The van der Waals surface area contributed by atoms with Crippen LogP contribution < -0.4 is 10.6 Å². The number of carbonyl (C=O) groups excluding carboxylic acids is 1. The summed E-state index contributed by atoms with van der Waals surface area (Å²) >= 11 is 2.14. The van der Waals surface area contributed by atoms with E-state index in [1.807, 2.05) is 12.1 Å². The average Bonchev–Trinajstić information content (AvgIpc) is 2.85. The molecule has 1 aliphatic heterocycles. The lowest BCUT2D eigenvalue weighted by atomic mass is 9.89. The molecule has 1 amide bonds. The van der Waals surface area contributed by atoms with Gasteiger partial charge in [-0.25, -0.2) is 14.4 Å². The first-order valence-corrected chi connectivity index (χ1v) is 12.5. The summed E-state index contributed by atoms with van der Waals surface area (Å²) in [5, 5.41) is 6.99. The first kappa shape index (κ1) is 24.5. The Morgan fingerprint density at radius 3 is 2.74 bits per heavy atom. The normalized spacial score (nSPS) is 14.7. The molecule has 1 aliphatic rings. The summed E-state index contributed by atoms with van der Waals surface area (Å²) in [6.45, 7) is 10.8. The topological polar surface area (TPSA) is 79.4 Å². The fourth-order valence-corrected chi connectivity index (χ4v) is 4.76. The van der Waals surface area contributed by atoms with Gasteiger partial charge < -0.3 is 15.4 Å². The molecule has 0 bridgehead atoms. The molecule has 7 nitrogen and oxygen atoms in total. The molecule has 2 heterocycles. The van der Waals surface area contributed by atoms with Gasteiger partial charge in [-0.05, 0) is 61.4 Å². The number of nitrogens with one attached hydrogen (secondary N) is 2. The molecule has 9 heteroatoms. The summed E-state index contributed by atoms with van der Waals surface area (Å²) in [5.74, 6) is 0.0349. The highest BCUT2D eigenvalue weighted by Gasteiger charge is 2.33. The Morgan fingerprint density at radius 1 is 1.26 bits per heavy atom. The number of hydrogen-bond donors (Lipinski definition) is 2. The van der Waals surface area contributed by atoms with Crippen molar-refractivity contribution in [3.8, 4) is 0 Å². The van der Waals surface area contributed by atoms with Crippen LogP contribution in [-0.4, -0.2) is 47.1 Å².